The van der Waals surface area contributed by atoms with E-state index >= 15 is 0 Å². The Labute approximate surface area is 91.6 Å². The van der Waals surface area contributed by atoms with E-state index in [2.05, 4.69) is 4.98 Å². The van der Waals surface area contributed by atoms with Gasteiger partial charge in [-0.1, -0.05) is 0 Å². The second-order valence-corrected chi connectivity index (χ2v) is 2.93. The second kappa shape index (κ2) is 4.35. The summed E-state index contributed by atoms with van der Waals surface area (Å²) in [6.45, 7) is 0. The third-order valence-electron chi connectivity index (χ3n) is 1.67. The van der Waals surface area contributed by atoms with Crippen molar-refractivity contribution < 1.29 is 23.6 Å². The highest BCUT2D eigenvalue weighted by atomic mass is 35.5. The van der Waals surface area contributed by atoms with Crippen molar-refractivity contribution in [3.63, 3.8) is 0 Å². The molecule has 0 aromatic carbocycles. The van der Waals surface area contributed by atoms with Crippen molar-refractivity contribution in [1.29, 1.82) is 0 Å². The van der Waals surface area contributed by atoms with Gasteiger partial charge < -0.3 is 15.2 Å². The molecule has 0 aliphatic carbocycles. The highest BCUT2D eigenvalue weighted by molar-refractivity contribution is 6.68. The largest absolute Gasteiger partial charge is 0.504 e. The highest BCUT2D eigenvalue weighted by Gasteiger charge is 2.32. The topological polar surface area (TPSA) is 93.3 Å². The molecule has 0 amide bonds. The first-order valence-electron chi connectivity index (χ1n) is 3.70. The van der Waals surface area contributed by atoms with E-state index in [9.17, 15) is 23.7 Å². The van der Waals surface area contributed by atoms with Crippen molar-refractivity contribution in [3.8, 4) is 5.75 Å². The Hall–Kier alpha value is -1.83. The maximum Gasteiger partial charge on any atom is 0.376 e. The van der Waals surface area contributed by atoms with Gasteiger partial charge in [0.25, 0.3) is 11.7 Å². The Bertz CT molecular complexity index is 466. The van der Waals surface area contributed by atoms with Crippen molar-refractivity contribution >= 4 is 22.7 Å². The number of pyridine rings is 1. The fourth-order valence-electron chi connectivity index (χ4n) is 1.06. The first-order chi connectivity index (χ1) is 7.36. The van der Waals surface area contributed by atoms with Crippen LogP contribution < -0.4 is 0 Å². The van der Waals surface area contributed by atoms with Crippen LogP contribution in [0.1, 0.15) is 22.3 Å². The van der Waals surface area contributed by atoms with Gasteiger partial charge in [0.05, 0.1) is 5.56 Å². The minimum atomic E-state index is -3.28. The molecule has 1 heterocycles. The maximum absolute atomic E-state index is 12.5. The summed E-state index contributed by atoms with van der Waals surface area (Å²) in [5.74, 6) is -2.14. The van der Waals surface area contributed by atoms with Crippen LogP contribution in [0.15, 0.2) is 6.20 Å². The number of aromatic hydroxyl groups is 1. The molecule has 0 unspecified atom stereocenters. The minimum absolute atomic E-state index is 0.461. The predicted molar refractivity (Wildman–Crippen MR) is 47.7 cm³/mol. The number of alkyl halides is 2. The molecule has 1 N–H and O–H groups in total. The van der Waals surface area contributed by atoms with E-state index in [0.717, 1.165) is 0 Å². The zero-order valence-corrected chi connectivity index (χ0v) is 8.11. The van der Waals surface area contributed by atoms with Crippen LogP contribution in [-0.4, -0.2) is 20.3 Å². The van der Waals surface area contributed by atoms with Crippen molar-refractivity contribution in [3.05, 3.63) is 27.4 Å². The molecule has 86 valence electrons. The molecule has 0 bridgehead atoms. The number of carbonyl (C=O) groups is 1. The number of carbonyl (C=O) groups excluding carboxylic acids is 1. The van der Waals surface area contributed by atoms with Crippen LogP contribution in [0.3, 0.4) is 0 Å². The lowest BCUT2D eigenvalue weighted by Crippen LogP contribution is -2.06. The van der Waals surface area contributed by atoms with Crippen LogP contribution in [0.2, 0.25) is 0 Å². The molecular weight excluding hydrogens is 250 g/mol. The van der Waals surface area contributed by atoms with Gasteiger partial charge >= 0.3 is 5.82 Å². The number of aromatic nitrogens is 1. The normalized spacial score (nSPS) is 10.5. The van der Waals surface area contributed by atoms with E-state index in [4.69, 9.17) is 16.7 Å². The standard InChI is InChI=1S/C7H3ClF2N2O4/c8-5(14)4-3(6(9)10)2(13)1-11-7(4)12(15)16/h1,6,13H. The van der Waals surface area contributed by atoms with Crippen molar-refractivity contribution in [2.24, 2.45) is 0 Å². The summed E-state index contributed by atoms with van der Waals surface area (Å²) in [4.78, 5) is 23.2. The van der Waals surface area contributed by atoms with Gasteiger partial charge in [-0.25, -0.2) is 8.78 Å². The van der Waals surface area contributed by atoms with E-state index in [-0.39, 0.29) is 0 Å². The third-order valence-corrected chi connectivity index (χ3v) is 1.85. The van der Waals surface area contributed by atoms with Gasteiger partial charge in [0.15, 0.2) is 11.9 Å². The third kappa shape index (κ3) is 2.06. The molecule has 9 heteroatoms. The van der Waals surface area contributed by atoms with Crippen molar-refractivity contribution in [2.45, 2.75) is 6.43 Å². The zero-order chi connectivity index (χ0) is 12.5. The van der Waals surface area contributed by atoms with E-state index in [0.29, 0.717) is 6.20 Å². The van der Waals surface area contributed by atoms with E-state index in [1.807, 2.05) is 0 Å². The molecule has 0 radical (unpaired) electrons. The molecule has 0 aliphatic heterocycles. The Balaban J connectivity index is 3.63. The first-order valence-corrected chi connectivity index (χ1v) is 4.08. The summed E-state index contributed by atoms with van der Waals surface area (Å²) in [7, 11) is 0. The van der Waals surface area contributed by atoms with Gasteiger partial charge in [0.1, 0.15) is 5.56 Å². The second-order valence-electron chi connectivity index (χ2n) is 2.59. The summed E-state index contributed by atoms with van der Waals surface area (Å²) >= 11 is 4.95. The molecule has 0 saturated heterocycles. The Morgan fingerprint density at radius 1 is 1.62 bits per heavy atom. The SMILES string of the molecule is O=C(Cl)c1c([N+](=O)[O-])ncc(O)c1C(F)F. The average molecular weight is 253 g/mol. The summed E-state index contributed by atoms with van der Waals surface area (Å²) in [6, 6.07) is 0. The molecule has 0 spiro atoms. The van der Waals surface area contributed by atoms with Gasteiger partial charge in [-0.3, -0.25) is 4.79 Å². The van der Waals surface area contributed by atoms with E-state index in [1.54, 1.807) is 0 Å². The first kappa shape index (κ1) is 12.2. The average Bonchev–Trinajstić information content (AvgIpc) is 2.15. The molecule has 1 aromatic rings. The fourth-order valence-corrected chi connectivity index (χ4v) is 1.24. The maximum atomic E-state index is 12.5. The summed E-state index contributed by atoms with van der Waals surface area (Å²) in [6.07, 6.45) is -2.82. The number of nitro groups is 1. The monoisotopic (exact) mass is 252 g/mol. The Morgan fingerprint density at radius 2 is 2.19 bits per heavy atom. The highest BCUT2D eigenvalue weighted by Crippen LogP contribution is 2.35. The number of hydrogen-bond donors (Lipinski definition) is 1. The van der Waals surface area contributed by atoms with Crippen LogP contribution in [-0.2, 0) is 0 Å². The van der Waals surface area contributed by atoms with Crippen LogP contribution in [0, 0.1) is 10.1 Å². The Morgan fingerprint density at radius 3 is 2.56 bits per heavy atom. The lowest BCUT2D eigenvalue weighted by atomic mass is 10.1. The number of nitrogens with zero attached hydrogens (tertiary/aromatic N) is 2. The zero-order valence-electron chi connectivity index (χ0n) is 7.35. The predicted octanol–water partition coefficient (Wildman–Crippen LogP) is 2.01. The molecule has 0 atom stereocenters. The van der Waals surface area contributed by atoms with Gasteiger partial charge in [-0.15, -0.1) is 0 Å². The van der Waals surface area contributed by atoms with E-state index in [1.165, 1.54) is 0 Å². The molecule has 6 nitrogen and oxygen atoms in total. The van der Waals surface area contributed by atoms with Crippen molar-refractivity contribution in [2.75, 3.05) is 0 Å². The van der Waals surface area contributed by atoms with E-state index < -0.39 is 39.3 Å². The quantitative estimate of drug-likeness (QED) is 0.504. The summed E-state index contributed by atoms with van der Waals surface area (Å²) < 4.78 is 24.9. The molecule has 16 heavy (non-hydrogen) atoms. The number of halogens is 3. The Kier molecular flexibility index (Phi) is 3.33. The van der Waals surface area contributed by atoms with Gasteiger partial charge in [0, 0.05) is 0 Å². The molecule has 0 fully saturated rings. The number of rotatable bonds is 3. The summed E-state index contributed by atoms with van der Waals surface area (Å²) in [5, 5.41) is 18.0. The molecule has 1 rings (SSSR count). The van der Waals surface area contributed by atoms with Crippen LogP contribution in [0.25, 0.3) is 0 Å². The van der Waals surface area contributed by atoms with Crippen molar-refractivity contribution in [1.82, 2.24) is 4.98 Å². The van der Waals surface area contributed by atoms with Gasteiger partial charge in [-0.05, 0) is 21.5 Å². The molecule has 1 aromatic heterocycles. The number of hydrogen-bond acceptors (Lipinski definition) is 5. The molecule has 0 saturated carbocycles. The van der Waals surface area contributed by atoms with Crippen LogP contribution >= 0.6 is 11.6 Å². The molecule has 0 aliphatic rings. The molecular formula is C7H3ClF2N2O4. The van der Waals surface area contributed by atoms with Gasteiger partial charge in [-0.2, -0.15) is 0 Å². The van der Waals surface area contributed by atoms with Crippen LogP contribution in [0.5, 0.6) is 5.75 Å². The minimum Gasteiger partial charge on any atom is -0.504 e. The lowest BCUT2D eigenvalue weighted by molar-refractivity contribution is -0.389. The summed E-state index contributed by atoms with van der Waals surface area (Å²) in [5.41, 5.74) is -2.29. The van der Waals surface area contributed by atoms with Crippen LogP contribution in [0.4, 0.5) is 14.6 Å². The fraction of sp³-hybridized carbons (Fsp3) is 0.143. The lowest BCUT2D eigenvalue weighted by Gasteiger charge is -2.06. The smallest absolute Gasteiger partial charge is 0.376 e. The van der Waals surface area contributed by atoms with Gasteiger partial charge in [0.2, 0.25) is 0 Å².